The minimum atomic E-state index is -0.0977. The number of halogens is 1. The van der Waals surface area contributed by atoms with Crippen LogP contribution in [0.5, 0.6) is 5.75 Å². The molecule has 0 aromatic heterocycles. The van der Waals surface area contributed by atoms with Gasteiger partial charge in [0.15, 0.2) is 0 Å². The molecule has 0 spiro atoms. The minimum absolute atomic E-state index is 0.0730. The van der Waals surface area contributed by atoms with E-state index in [1.165, 1.54) is 0 Å². The second kappa shape index (κ2) is 7.14. The first-order chi connectivity index (χ1) is 10.1. The molecule has 0 aliphatic rings. The van der Waals surface area contributed by atoms with Gasteiger partial charge in [-0.25, -0.2) is 0 Å². The second-order valence-corrected chi connectivity index (χ2v) is 5.07. The van der Waals surface area contributed by atoms with E-state index in [9.17, 15) is 4.79 Å². The molecule has 21 heavy (non-hydrogen) atoms. The predicted octanol–water partition coefficient (Wildman–Crippen LogP) is 3.93. The van der Waals surface area contributed by atoms with Crippen LogP contribution in [0.4, 0.5) is 0 Å². The Morgan fingerprint density at radius 1 is 1.14 bits per heavy atom. The molecule has 1 atom stereocenters. The number of hydrogen-bond donors (Lipinski definition) is 1. The summed E-state index contributed by atoms with van der Waals surface area (Å²) in [5.41, 5.74) is 2.65. The molecule has 0 saturated carbocycles. The minimum Gasteiger partial charge on any atom is -0.497 e. The van der Waals surface area contributed by atoms with Crippen LogP contribution in [0.2, 0.25) is 0 Å². The molecular formula is C17H18ClNO2. The first kappa shape index (κ1) is 15.4. The number of amides is 1. The molecule has 0 unspecified atom stereocenters. The Labute approximate surface area is 129 Å². The van der Waals surface area contributed by atoms with Crippen LogP contribution in [-0.4, -0.2) is 13.0 Å². The zero-order valence-electron chi connectivity index (χ0n) is 12.1. The Kier molecular flexibility index (Phi) is 5.23. The lowest BCUT2D eigenvalue weighted by atomic mass is 10.1. The van der Waals surface area contributed by atoms with Gasteiger partial charge in [-0.15, -0.1) is 11.6 Å². The van der Waals surface area contributed by atoms with Crippen LogP contribution in [0.1, 0.15) is 34.5 Å². The molecule has 3 nitrogen and oxygen atoms in total. The summed E-state index contributed by atoms with van der Waals surface area (Å²) in [4.78, 5) is 12.2. The van der Waals surface area contributed by atoms with Gasteiger partial charge < -0.3 is 10.1 Å². The van der Waals surface area contributed by atoms with Gasteiger partial charge in [-0.3, -0.25) is 4.79 Å². The van der Waals surface area contributed by atoms with Crippen molar-refractivity contribution in [3.8, 4) is 5.75 Å². The zero-order valence-corrected chi connectivity index (χ0v) is 12.9. The highest BCUT2D eigenvalue weighted by atomic mass is 35.5. The van der Waals surface area contributed by atoms with Gasteiger partial charge in [0.05, 0.1) is 13.2 Å². The van der Waals surface area contributed by atoms with Crippen LogP contribution >= 0.6 is 11.6 Å². The van der Waals surface area contributed by atoms with E-state index in [-0.39, 0.29) is 11.9 Å². The average molecular weight is 304 g/mol. The van der Waals surface area contributed by atoms with Crippen LogP contribution in [0.3, 0.4) is 0 Å². The number of ether oxygens (including phenoxy) is 1. The van der Waals surface area contributed by atoms with Crippen LogP contribution in [-0.2, 0) is 5.88 Å². The van der Waals surface area contributed by atoms with Gasteiger partial charge in [0, 0.05) is 11.4 Å². The number of carbonyl (C=O) groups excluding carboxylic acids is 1. The fraction of sp³-hybridized carbons (Fsp3) is 0.235. The van der Waals surface area contributed by atoms with Crippen molar-refractivity contribution in [2.75, 3.05) is 7.11 Å². The maximum atomic E-state index is 12.2. The molecule has 0 radical (unpaired) electrons. The fourth-order valence-corrected chi connectivity index (χ4v) is 2.18. The number of alkyl halides is 1. The zero-order chi connectivity index (χ0) is 15.2. The Hall–Kier alpha value is -2.00. The van der Waals surface area contributed by atoms with Crippen LogP contribution < -0.4 is 10.1 Å². The number of nitrogens with one attached hydrogen (secondary N) is 1. The summed E-state index contributed by atoms with van der Waals surface area (Å²) in [6.07, 6.45) is 0. The van der Waals surface area contributed by atoms with Gasteiger partial charge >= 0.3 is 0 Å². The van der Waals surface area contributed by atoms with E-state index in [0.29, 0.717) is 11.4 Å². The van der Waals surface area contributed by atoms with Crippen molar-refractivity contribution in [3.63, 3.8) is 0 Å². The Balaban J connectivity index is 2.03. The quantitative estimate of drug-likeness (QED) is 0.850. The Morgan fingerprint density at radius 2 is 1.76 bits per heavy atom. The third-order valence-corrected chi connectivity index (χ3v) is 3.64. The SMILES string of the molecule is COc1ccc([C@@H](C)NC(=O)c2ccc(CCl)cc2)cc1. The van der Waals surface area contributed by atoms with Gasteiger partial charge in [0.2, 0.25) is 0 Å². The Bertz CT molecular complexity index is 593. The second-order valence-electron chi connectivity index (χ2n) is 4.80. The van der Waals surface area contributed by atoms with Crippen molar-refractivity contribution in [1.82, 2.24) is 5.32 Å². The summed E-state index contributed by atoms with van der Waals surface area (Å²) < 4.78 is 5.12. The first-order valence-electron chi connectivity index (χ1n) is 6.73. The van der Waals surface area contributed by atoms with Crippen LogP contribution in [0, 0.1) is 0 Å². The lowest BCUT2D eigenvalue weighted by Gasteiger charge is -2.15. The smallest absolute Gasteiger partial charge is 0.251 e. The molecule has 2 aromatic carbocycles. The van der Waals surface area contributed by atoms with Crippen molar-refractivity contribution in [1.29, 1.82) is 0 Å². The topological polar surface area (TPSA) is 38.3 Å². The van der Waals surface area contributed by atoms with E-state index < -0.39 is 0 Å². The molecule has 0 saturated heterocycles. The van der Waals surface area contributed by atoms with Crippen molar-refractivity contribution in [2.45, 2.75) is 18.8 Å². The normalized spacial score (nSPS) is 11.8. The van der Waals surface area contributed by atoms with Crippen molar-refractivity contribution in [3.05, 3.63) is 65.2 Å². The predicted molar refractivity (Wildman–Crippen MR) is 84.9 cm³/mol. The summed E-state index contributed by atoms with van der Waals surface area (Å²) >= 11 is 5.74. The number of hydrogen-bond acceptors (Lipinski definition) is 2. The summed E-state index contributed by atoms with van der Waals surface area (Å²) in [5, 5.41) is 2.97. The molecule has 1 N–H and O–H groups in total. The van der Waals surface area contributed by atoms with E-state index in [0.717, 1.165) is 16.9 Å². The van der Waals surface area contributed by atoms with E-state index in [2.05, 4.69) is 5.32 Å². The molecule has 0 aliphatic heterocycles. The molecule has 0 fully saturated rings. The lowest BCUT2D eigenvalue weighted by Crippen LogP contribution is -2.26. The lowest BCUT2D eigenvalue weighted by molar-refractivity contribution is 0.0940. The van der Waals surface area contributed by atoms with Gasteiger partial charge in [-0.2, -0.15) is 0 Å². The summed E-state index contributed by atoms with van der Waals surface area (Å²) in [6, 6.07) is 14.9. The molecule has 2 rings (SSSR count). The van der Waals surface area contributed by atoms with E-state index >= 15 is 0 Å². The monoisotopic (exact) mass is 303 g/mol. The number of carbonyl (C=O) groups is 1. The molecule has 4 heteroatoms. The van der Waals surface area contributed by atoms with Crippen molar-refractivity contribution >= 4 is 17.5 Å². The molecule has 2 aromatic rings. The maximum Gasteiger partial charge on any atom is 0.251 e. The van der Waals surface area contributed by atoms with Crippen molar-refractivity contribution in [2.24, 2.45) is 0 Å². The average Bonchev–Trinajstić information content (AvgIpc) is 2.55. The maximum absolute atomic E-state index is 12.2. The summed E-state index contributed by atoms with van der Waals surface area (Å²) in [7, 11) is 1.63. The van der Waals surface area contributed by atoms with Gasteiger partial charge in [0.1, 0.15) is 5.75 Å². The molecule has 110 valence electrons. The Morgan fingerprint density at radius 3 is 2.29 bits per heavy atom. The highest BCUT2D eigenvalue weighted by molar-refractivity contribution is 6.17. The highest BCUT2D eigenvalue weighted by Crippen LogP contribution is 2.18. The first-order valence-corrected chi connectivity index (χ1v) is 7.27. The number of rotatable bonds is 5. The van der Waals surface area contributed by atoms with Crippen LogP contribution in [0.25, 0.3) is 0 Å². The fourth-order valence-electron chi connectivity index (χ4n) is 2.00. The molecule has 1 amide bonds. The summed E-state index contributed by atoms with van der Waals surface area (Å²) in [6.45, 7) is 1.95. The molecule has 0 aliphatic carbocycles. The van der Waals surface area contributed by atoms with Crippen LogP contribution in [0.15, 0.2) is 48.5 Å². The van der Waals surface area contributed by atoms with E-state index in [1.807, 2.05) is 43.3 Å². The van der Waals surface area contributed by atoms with Gasteiger partial charge in [0.25, 0.3) is 5.91 Å². The third-order valence-electron chi connectivity index (χ3n) is 3.33. The molecule has 0 heterocycles. The van der Waals surface area contributed by atoms with E-state index in [1.54, 1.807) is 19.2 Å². The third kappa shape index (κ3) is 3.99. The molecular weight excluding hydrogens is 286 g/mol. The number of benzene rings is 2. The van der Waals surface area contributed by atoms with Crippen molar-refractivity contribution < 1.29 is 9.53 Å². The summed E-state index contributed by atoms with van der Waals surface area (Å²) in [5.74, 6) is 1.15. The largest absolute Gasteiger partial charge is 0.497 e. The standard InChI is InChI=1S/C17H18ClNO2/c1-12(14-7-9-16(21-2)10-8-14)19-17(20)15-5-3-13(11-18)4-6-15/h3-10,12H,11H2,1-2H3,(H,19,20)/t12-/m1/s1. The number of methoxy groups -OCH3 is 1. The van der Waals surface area contributed by atoms with Gasteiger partial charge in [-0.1, -0.05) is 24.3 Å². The molecule has 0 bridgehead atoms. The highest BCUT2D eigenvalue weighted by Gasteiger charge is 2.11. The van der Waals surface area contributed by atoms with Gasteiger partial charge in [-0.05, 0) is 42.3 Å². The van der Waals surface area contributed by atoms with E-state index in [4.69, 9.17) is 16.3 Å².